The maximum Gasteiger partial charge on any atom is 0.0958 e. The monoisotopic (exact) mass is 382 g/mol. The Balaban J connectivity index is 1.69. The molecule has 1 heterocycles. The molecule has 1 aliphatic heterocycles. The van der Waals surface area contributed by atoms with Crippen molar-refractivity contribution in [1.82, 2.24) is 5.43 Å². The third-order valence-electron chi connectivity index (χ3n) is 5.71. The Hall–Kier alpha value is -3.00. The summed E-state index contributed by atoms with van der Waals surface area (Å²) >= 11 is 0. The minimum atomic E-state index is 0.151. The Labute approximate surface area is 174 Å². The van der Waals surface area contributed by atoms with E-state index >= 15 is 0 Å². The largest absolute Gasteiger partial charge is 0.297 e. The quantitative estimate of drug-likeness (QED) is 0.509. The van der Waals surface area contributed by atoms with Crippen LogP contribution in [0.2, 0.25) is 0 Å². The molecule has 0 bridgehead atoms. The molecule has 2 heteroatoms. The lowest BCUT2D eigenvalue weighted by atomic mass is 9.97. The zero-order chi connectivity index (χ0) is 20.4. The molecular weight excluding hydrogens is 352 g/mol. The van der Waals surface area contributed by atoms with Crippen molar-refractivity contribution < 1.29 is 0 Å². The highest BCUT2D eigenvalue weighted by molar-refractivity contribution is 5.72. The molecule has 1 unspecified atom stereocenters. The normalized spacial score (nSPS) is 16.3. The van der Waals surface area contributed by atoms with E-state index in [1.165, 1.54) is 22.3 Å². The molecule has 0 saturated carbocycles. The minimum absolute atomic E-state index is 0.151. The molecule has 148 valence electrons. The molecular formula is C27H30N2. The van der Waals surface area contributed by atoms with Gasteiger partial charge in [-0.2, -0.15) is 0 Å². The van der Waals surface area contributed by atoms with Gasteiger partial charge in [0.05, 0.1) is 17.4 Å². The van der Waals surface area contributed by atoms with Gasteiger partial charge in [-0.25, -0.2) is 0 Å². The van der Waals surface area contributed by atoms with Crippen LogP contribution in [0, 0.1) is 0 Å². The molecule has 0 spiro atoms. The van der Waals surface area contributed by atoms with Crippen LogP contribution in [-0.4, -0.2) is 0 Å². The van der Waals surface area contributed by atoms with Crippen molar-refractivity contribution >= 4 is 11.4 Å². The summed E-state index contributed by atoms with van der Waals surface area (Å²) in [5.41, 5.74) is 11.2. The van der Waals surface area contributed by atoms with Gasteiger partial charge in [-0.05, 0) is 52.3 Å². The second-order valence-corrected chi connectivity index (χ2v) is 8.44. The summed E-state index contributed by atoms with van der Waals surface area (Å²) in [6, 6.07) is 28.7. The van der Waals surface area contributed by atoms with Crippen molar-refractivity contribution in [2.75, 3.05) is 5.01 Å². The van der Waals surface area contributed by atoms with Gasteiger partial charge in [-0.1, -0.05) is 94.4 Å². The topological polar surface area (TPSA) is 15.3 Å². The zero-order valence-electron chi connectivity index (χ0n) is 17.8. The van der Waals surface area contributed by atoms with E-state index in [1.807, 2.05) is 0 Å². The number of benzene rings is 3. The second-order valence-electron chi connectivity index (χ2n) is 8.44. The van der Waals surface area contributed by atoms with E-state index in [4.69, 9.17) is 0 Å². The summed E-state index contributed by atoms with van der Waals surface area (Å²) in [7, 11) is 0. The van der Waals surface area contributed by atoms with Crippen LogP contribution in [0.1, 0.15) is 67.8 Å². The van der Waals surface area contributed by atoms with Gasteiger partial charge in [0.1, 0.15) is 0 Å². The highest BCUT2D eigenvalue weighted by Crippen LogP contribution is 2.35. The molecule has 29 heavy (non-hydrogen) atoms. The van der Waals surface area contributed by atoms with E-state index in [0.717, 1.165) is 11.4 Å². The fraction of sp³-hybridized carbons (Fsp3) is 0.259. The van der Waals surface area contributed by atoms with Gasteiger partial charge in [0, 0.05) is 0 Å². The van der Waals surface area contributed by atoms with Crippen LogP contribution >= 0.6 is 0 Å². The van der Waals surface area contributed by atoms with Crippen molar-refractivity contribution in [3.63, 3.8) is 0 Å². The highest BCUT2D eigenvalue weighted by Gasteiger charge is 2.27. The Morgan fingerprint density at radius 1 is 0.690 bits per heavy atom. The summed E-state index contributed by atoms with van der Waals surface area (Å²) in [4.78, 5) is 0. The first-order valence-electron chi connectivity index (χ1n) is 10.6. The molecule has 1 N–H and O–H groups in total. The third-order valence-corrected chi connectivity index (χ3v) is 5.71. The third kappa shape index (κ3) is 4.07. The lowest BCUT2D eigenvalue weighted by Crippen LogP contribution is -2.33. The standard InChI is InChI=1S/C27H30N2/c1-19(2)21-10-14-23(15-11-21)26-18-27(24-16-12-22(13-17-24)20(3)4)29(28-26)25-8-6-5-7-9-25/h5-20,27-28H,1-4H3. The van der Waals surface area contributed by atoms with Crippen molar-refractivity contribution in [3.05, 3.63) is 107 Å². The SMILES string of the molecule is CC(C)c1ccc(C2=CC(c3ccc(C(C)C)cc3)N(c3ccccc3)N2)cc1. The predicted molar refractivity (Wildman–Crippen MR) is 124 cm³/mol. The number of nitrogens with one attached hydrogen (secondary N) is 1. The van der Waals surface area contributed by atoms with Crippen molar-refractivity contribution in [2.24, 2.45) is 0 Å². The molecule has 2 nitrogen and oxygen atoms in total. The van der Waals surface area contributed by atoms with E-state index in [1.54, 1.807) is 0 Å². The van der Waals surface area contributed by atoms with E-state index in [-0.39, 0.29) is 6.04 Å². The summed E-state index contributed by atoms with van der Waals surface area (Å²) in [6.07, 6.45) is 2.34. The first-order valence-corrected chi connectivity index (χ1v) is 10.6. The van der Waals surface area contributed by atoms with Gasteiger partial charge >= 0.3 is 0 Å². The van der Waals surface area contributed by atoms with Crippen LogP contribution in [0.25, 0.3) is 5.70 Å². The molecule has 3 aromatic rings. The van der Waals surface area contributed by atoms with Gasteiger partial charge in [0.2, 0.25) is 0 Å². The number of hydrazine groups is 1. The first-order chi connectivity index (χ1) is 14.0. The van der Waals surface area contributed by atoms with Gasteiger partial charge in [-0.3, -0.25) is 10.4 Å². The van der Waals surface area contributed by atoms with Gasteiger partial charge < -0.3 is 0 Å². The Kier molecular flexibility index (Phi) is 5.44. The van der Waals surface area contributed by atoms with Crippen LogP contribution in [0.4, 0.5) is 5.69 Å². The molecule has 0 radical (unpaired) electrons. The van der Waals surface area contributed by atoms with Crippen molar-refractivity contribution in [3.8, 4) is 0 Å². The first kappa shape index (κ1) is 19.3. The average molecular weight is 383 g/mol. The number of hydrogen-bond donors (Lipinski definition) is 1. The van der Waals surface area contributed by atoms with Crippen LogP contribution < -0.4 is 10.4 Å². The fourth-order valence-corrected chi connectivity index (χ4v) is 3.81. The van der Waals surface area contributed by atoms with E-state index in [2.05, 4.69) is 123 Å². The van der Waals surface area contributed by atoms with Crippen molar-refractivity contribution in [1.29, 1.82) is 0 Å². The number of anilines is 1. The lowest BCUT2D eigenvalue weighted by molar-refractivity contribution is 0.723. The number of nitrogens with zero attached hydrogens (tertiary/aromatic N) is 1. The second kappa shape index (κ2) is 8.16. The summed E-state index contributed by atoms with van der Waals surface area (Å²) in [5.74, 6) is 1.09. The maximum absolute atomic E-state index is 3.65. The minimum Gasteiger partial charge on any atom is -0.297 e. The van der Waals surface area contributed by atoms with E-state index in [9.17, 15) is 0 Å². The molecule has 4 rings (SSSR count). The molecule has 0 amide bonds. The molecule has 0 aromatic heterocycles. The van der Waals surface area contributed by atoms with Crippen LogP contribution in [0.3, 0.4) is 0 Å². The molecule has 1 aliphatic rings. The summed E-state index contributed by atoms with van der Waals surface area (Å²) in [5, 5.41) is 2.26. The zero-order valence-corrected chi connectivity index (χ0v) is 17.8. The van der Waals surface area contributed by atoms with Crippen molar-refractivity contribution in [2.45, 2.75) is 45.6 Å². The Bertz CT molecular complexity index is 967. The van der Waals surface area contributed by atoms with Crippen LogP contribution in [-0.2, 0) is 0 Å². The maximum atomic E-state index is 3.65. The van der Waals surface area contributed by atoms with E-state index < -0.39 is 0 Å². The van der Waals surface area contributed by atoms with Gasteiger partial charge in [-0.15, -0.1) is 0 Å². The van der Waals surface area contributed by atoms with Gasteiger partial charge in [0.25, 0.3) is 0 Å². The van der Waals surface area contributed by atoms with E-state index in [0.29, 0.717) is 11.8 Å². The fourth-order valence-electron chi connectivity index (χ4n) is 3.81. The summed E-state index contributed by atoms with van der Waals surface area (Å²) < 4.78 is 0. The Morgan fingerprint density at radius 2 is 1.24 bits per heavy atom. The molecule has 0 aliphatic carbocycles. The number of para-hydroxylation sites is 1. The highest BCUT2D eigenvalue weighted by atomic mass is 15.5. The number of rotatable bonds is 5. The molecule has 0 fully saturated rings. The predicted octanol–water partition coefficient (Wildman–Crippen LogP) is 7.04. The number of hydrogen-bond acceptors (Lipinski definition) is 2. The van der Waals surface area contributed by atoms with Crippen LogP contribution in [0.15, 0.2) is 84.9 Å². The molecule has 0 saturated heterocycles. The van der Waals surface area contributed by atoms with Crippen LogP contribution in [0.5, 0.6) is 0 Å². The lowest BCUT2D eigenvalue weighted by Gasteiger charge is -2.28. The van der Waals surface area contributed by atoms with Gasteiger partial charge in [0.15, 0.2) is 0 Å². The summed E-state index contributed by atoms with van der Waals surface area (Å²) in [6.45, 7) is 8.94. The molecule has 1 atom stereocenters. The average Bonchev–Trinajstić information content (AvgIpc) is 3.20. The molecule has 3 aromatic carbocycles. The smallest absolute Gasteiger partial charge is 0.0958 e. The Morgan fingerprint density at radius 3 is 1.79 bits per heavy atom.